The molecule has 1 saturated heterocycles. The maximum Gasteiger partial charge on any atom is 0.344 e. The van der Waals surface area contributed by atoms with E-state index in [1.807, 2.05) is 17.0 Å². The highest BCUT2D eigenvalue weighted by molar-refractivity contribution is 6.05. The Morgan fingerprint density at radius 2 is 2.29 bits per heavy atom. The van der Waals surface area contributed by atoms with Gasteiger partial charge >= 0.3 is 5.97 Å². The van der Waals surface area contributed by atoms with Crippen molar-refractivity contribution in [1.82, 2.24) is 10.2 Å². The Morgan fingerprint density at radius 3 is 3.10 bits per heavy atom. The highest BCUT2D eigenvalue weighted by Gasteiger charge is 2.29. The normalized spacial score (nSPS) is 15.8. The minimum absolute atomic E-state index is 0.0552. The van der Waals surface area contributed by atoms with Gasteiger partial charge in [0.05, 0.1) is 12.3 Å². The molecule has 1 amide bonds. The van der Waals surface area contributed by atoms with Crippen LogP contribution in [0.4, 0.5) is 5.69 Å². The molecule has 21 heavy (non-hydrogen) atoms. The van der Waals surface area contributed by atoms with E-state index in [2.05, 4.69) is 10.3 Å². The summed E-state index contributed by atoms with van der Waals surface area (Å²) in [6, 6.07) is 5.39. The van der Waals surface area contributed by atoms with Gasteiger partial charge in [0.15, 0.2) is 6.61 Å². The third kappa shape index (κ3) is 2.81. The van der Waals surface area contributed by atoms with Crippen LogP contribution in [0.5, 0.6) is 5.75 Å². The second-order valence-corrected chi connectivity index (χ2v) is 4.72. The Morgan fingerprint density at radius 1 is 1.43 bits per heavy atom. The number of nitrogens with one attached hydrogen (secondary N) is 1. The number of rotatable bonds is 4. The fourth-order valence-electron chi connectivity index (χ4n) is 2.27. The zero-order valence-electron chi connectivity index (χ0n) is 11.6. The number of hydrogen-bond acceptors (Lipinski definition) is 6. The van der Waals surface area contributed by atoms with Gasteiger partial charge in [-0.25, -0.2) is 9.79 Å². The molecular formula is C14H15N3O4. The van der Waals surface area contributed by atoms with Crippen LogP contribution in [0.2, 0.25) is 0 Å². The molecule has 0 saturated carbocycles. The van der Waals surface area contributed by atoms with Crippen molar-refractivity contribution in [3.05, 3.63) is 23.8 Å². The van der Waals surface area contributed by atoms with Crippen LogP contribution in [0.25, 0.3) is 0 Å². The quantitative estimate of drug-likeness (QED) is 0.819. The Hall–Kier alpha value is -2.57. The molecule has 0 bridgehead atoms. The van der Waals surface area contributed by atoms with Crippen molar-refractivity contribution < 1.29 is 19.1 Å². The third-order valence-corrected chi connectivity index (χ3v) is 3.19. The van der Waals surface area contributed by atoms with Crippen molar-refractivity contribution in [2.24, 2.45) is 4.99 Å². The van der Waals surface area contributed by atoms with Crippen molar-refractivity contribution in [3.63, 3.8) is 0 Å². The summed E-state index contributed by atoms with van der Waals surface area (Å²) in [5.74, 6) is 0.719. The van der Waals surface area contributed by atoms with Crippen molar-refractivity contribution in [1.29, 1.82) is 0 Å². The maximum atomic E-state index is 11.4. The van der Waals surface area contributed by atoms with Gasteiger partial charge in [-0.1, -0.05) is 0 Å². The number of aliphatic imine (C=N–C) groups is 1. The molecule has 110 valence electrons. The number of amides is 1. The van der Waals surface area contributed by atoms with E-state index in [4.69, 9.17) is 9.47 Å². The summed E-state index contributed by atoms with van der Waals surface area (Å²) < 4.78 is 10.2. The minimum atomic E-state index is -0.398. The lowest BCUT2D eigenvalue weighted by atomic mass is 10.1. The first kappa shape index (κ1) is 13.4. The number of hydrogen-bond donors (Lipinski definition) is 1. The second-order valence-electron chi connectivity index (χ2n) is 4.72. The number of guanidine groups is 1. The molecule has 3 rings (SSSR count). The van der Waals surface area contributed by atoms with Crippen LogP contribution >= 0.6 is 0 Å². The summed E-state index contributed by atoms with van der Waals surface area (Å²) in [7, 11) is 0. The summed E-state index contributed by atoms with van der Waals surface area (Å²) in [6.45, 7) is 2.86. The van der Waals surface area contributed by atoms with E-state index in [0.29, 0.717) is 31.4 Å². The van der Waals surface area contributed by atoms with Crippen LogP contribution < -0.4 is 10.1 Å². The van der Waals surface area contributed by atoms with Crippen molar-refractivity contribution >= 4 is 23.5 Å². The van der Waals surface area contributed by atoms with Gasteiger partial charge in [0, 0.05) is 12.1 Å². The number of fused-ring (bicyclic) bond motifs is 2. The highest BCUT2D eigenvalue weighted by Crippen LogP contribution is 2.30. The van der Waals surface area contributed by atoms with Crippen LogP contribution in [-0.4, -0.2) is 42.5 Å². The van der Waals surface area contributed by atoms with E-state index in [1.165, 1.54) is 0 Å². The molecule has 2 aliphatic heterocycles. The molecule has 2 aliphatic rings. The molecule has 0 unspecified atom stereocenters. The summed E-state index contributed by atoms with van der Waals surface area (Å²) >= 11 is 0. The lowest BCUT2D eigenvalue weighted by Gasteiger charge is -2.23. The molecule has 1 N–H and O–H groups in total. The number of ether oxygens (including phenoxy) is 2. The Kier molecular flexibility index (Phi) is 3.47. The lowest BCUT2D eigenvalue weighted by molar-refractivity contribution is -0.145. The van der Waals surface area contributed by atoms with E-state index in [-0.39, 0.29) is 12.5 Å². The molecule has 1 fully saturated rings. The molecule has 0 spiro atoms. The first-order valence-electron chi connectivity index (χ1n) is 6.70. The van der Waals surface area contributed by atoms with Gasteiger partial charge in [-0.3, -0.25) is 10.1 Å². The Bertz CT molecular complexity index is 627. The molecule has 0 atom stereocenters. The van der Waals surface area contributed by atoms with Crippen molar-refractivity contribution in [2.75, 3.05) is 19.8 Å². The molecule has 1 aromatic rings. The van der Waals surface area contributed by atoms with Gasteiger partial charge in [0.1, 0.15) is 12.3 Å². The summed E-state index contributed by atoms with van der Waals surface area (Å²) in [4.78, 5) is 28.9. The molecule has 7 nitrogen and oxygen atoms in total. The van der Waals surface area contributed by atoms with Crippen LogP contribution in [0, 0.1) is 0 Å². The predicted octanol–water partition coefficient (Wildman–Crippen LogP) is 0.561. The summed E-state index contributed by atoms with van der Waals surface area (Å²) in [6.07, 6.45) is 0. The standard InChI is InChI=1S/C14H15N3O4/c1-2-20-13(19)8-21-10-3-4-11-9(5-10)6-17-7-12(18)16-14(17)15-11/h3-5H,2,6-8H2,1H3,(H,15,16,18). The number of esters is 1. The van der Waals surface area contributed by atoms with Crippen molar-refractivity contribution in [2.45, 2.75) is 13.5 Å². The van der Waals surface area contributed by atoms with Gasteiger partial charge < -0.3 is 14.4 Å². The molecule has 0 aliphatic carbocycles. The first-order chi connectivity index (χ1) is 10.2. The Balaban J connectivity index is 1.71. The maximum absolute atomic E-state index is 11.4. The number of nitrogens with zero attached hydrogens (tertiary/aromatic N) is 2. The third-order valence-electron chi connectivity index (χ3n) is 3.19. The number of carbonyl (C=O) groups is 2. The van der Waals surface area contributed by atoms with Crippen molar-refractivity contribution in [3.8, 4) is 5.75 Å². The highest BCUT2D eigenvalue weighted by atomic mass is 16.6. The molecule has 1 aromatic carbocycles. The van der Waals surface area contributed by atoms with E-state index >= 15 is 0 Å². The first-order valence-corrected chi connectivity index (χ1v) is 6.70. The monoisotopic (exact) mass is 289 g/mol. The van der Waals surface area contributed by atoms with Crippen LogP contribution in [0.15, 0.2) is 23.2 Å². The SMILES string of the molecule is CCOC(=O)COc1ccc2c(c1)CN1CC(=O)NC1=N2. The lowest BCUT2D eigenvalue weighted by Crippen LogP contribution is -2.32. The van der Waals surface area contributed by atoms with Gasteiger partial charge in [-0.15, -0.1) is 0 Å². The van der Waals surface area contributed by atoms with Crippen LogP contribution in [0.1, 0.15) is 12.5 Å². The zero-order valence-corrected chi connectivity index (χ0v) is 11.6. The van der Waals surface area contributed by atoms with E-state index in [1.54, 1.807) is 13.0 Å². The molecular weight excluding hydrogens is 274 g/mol. The molecule has 0 radical (unpaired) electrons. The topological polar surface area (TPSA) is 80.2 Å². The summed E-state index contributed by atoms with van der Waals surface area (Å²) in [5, 5.41) is 2.71. The fraction of sp³-hybridized carbons (Fsp3) is 0.357. The summed E-state index contributed by atoms with van der Waals surface area (Å²) in [5.41, 5.74) is 1.75. The number of benzene rings is 1. The van der Waals surface area contributed by atoms with E-state index in [0.717, 1.165) is 11.3 Å². The largest absolute Gasteiger partial charge is 0.482 e. The number of carbonyl (C=O) groups excluding carboxylic acids is 2. The molecule has 7 heteroatoms. The fourth-order valence-corrected chi connectivity index (χ4v) is 2.27. The van der Waals surface area contributed by atoms with Crippen LogP contribution in [0.3, 0.4) is 0 Å². The smallest absolute Gasteiger partial charge is 0.344 e. The van der Waals surface area contributed by atoms with Crippen LogP contribution in [-0.2, 0) is 20.9 Å². The molecule has 0 aromatic heterocycles. The average Bonchev–Trinajstić information content (AvgIpc) is 2.81. The Labute approximate surface area is 121 Å². The van der Waals surface area contributed by atoms with Gasteiger partial charge in [-0.2, -0.15) is 0 Å². The zero-order chi connectivity index (χ0) is 14.8. The molecule has 2 heterocycles. The second kappa shape index (κ2) is 5.43. The predicted molar refractivity (Wildman–Crippen MR) is 74.2 cm³/mol. The van der Waals surface area contributed by atoms with Gasteiger partial charge in [-0.05, 0) is 25.1 Å². The van der Waals surface area contributed by atoms with E-state index in [9.17, 15) is 9.59 Å². The minimum Gasteiger partial charge on any atom is -0.482 e. The average molecular weight is 289 g/mol. The van der Waals surface area contributed by atoms with Gasteiger partial charge in [0.2, 0.25) is 11.9 Å². The van der Waals surface area contributed by atoms with Gasteiger partial charge in [0.25, 0.3) is 0 Å². The van der Waals surface area contributed by atoms with E-state index < -0.39 is 5.97 Å².